The molecule has 2 unspecified atom stereocenters. The van der Waals surface area contributed by atoms with E-state index in [4.69, 9.17) is 16.3 Å². The Kier molecular flexibility index (Phi) is 8.79. The number of fused-ring (bicyclic) bond motifs is 1. The highest BCUT2D eigenvalue weighted by Gasteiger charge is 2.49. The van der Waals surface area contributed by atoms with E-state index in [9.17, 15) is 18.4 Å². The minimum Gasteiger partial charge on any atom is -0.478 e. The van der Waals surface area contributed by atoms with Crippen LogP contribution in [0, 0.1) is 11.8 Å². The average molecular weight is 578 g/mol. The molecular weight excluding hydrogens is 544 g/mol. The third-order valence-corrected chi connectivity index (χ3v) is 7.44. The van der Waals surface area contributed by atoms with Crippen LogP contribution in [0.1, 0.15) is 13.3 Å². The molecule has 2 N–H and O–H groups in total. The number of alkyl halides is 2. The highest BCUT2D eigenvalue weighted by molar-refractivity contribution is 6.32. The Balaban J connectivity index is 1.59. The Bertz CT molecular complexity index is 1450. The number of aryl methyl sites for hydroxylation is 1. The van der Waals surface area contributed by atoms with Gasteiger partial charge in [0.05, 0.1) is 11.7 Å². The van der Waals surface area contributed by atoms with Crippen LogP contribution in [0.25, 0.3) is 10.9 Å². The summed E-state index contributed by atoms with van der Waals surface area (Å²) in [6.45, 7) is 2.08. The molecule has 3 aromatic rings. The van der Waals surface area contributed by atoms with Gasteiger partial charge in [-0.25, -0.2) is 13.8 Å². The van der Waals surface area contributed by atoms with Gasteiger partial charge >= 0.3 is 0 Å². The van der Waals surface area contributed by atoms with Crippen molar-refractivity contribution in [2.45, 2.75) is 19.3 Å². The molecule has 2 atom stereocenters. The van der Waals surface area contributed by atoms with Crippen LogP contribution in [0.15, 0.2) is 35.3 Å². The third-order valence-electron chi connectivity index (χ3n) is 7.17. The second kappa shape index (κ2) is 11.9. The zero-order valence-corrected chi connectivity index (χ0v) is 23.9. The Morgan fingerprint density at radius 2 is 2.02 bits per heavy atom. The van der Waals surface area contributed by atoms with Gasteiger partial charge < -0.3 is 29.7 Å². The molecule has 1 aliphatic heterocycles. The first-order chi connectivity index (χ1) is 18.9. The van der Waals surface area contributed by atoms with Gasteiger partial charge in [0.2, 0.25) is 5.95 Å². The molecule has 3 heterocycles. The smallest absolute Gasteiger partial charge is 0.293 e. The summed E-state index contributed by atoms with van der Waals surface area (Å²) in [7, 11) is 6.84. The minimum atomic E-state index is -2.78. The Hall–Kier alpha value is -3.51. The molecule has 4 rings (SSSR count). The maximum Gasteiger partial charge on any atom is 0.293 e. The van der Waals surface area contributed by atoms with E-state index in [0.717, 1.165) is 0 Å². The largest absolute Gasteiger partial charge is 0.478 e. The van der Waals surface area contributed by atoms with Crippen LogP contribution in [0.2, 0.25) is 5.02 Å². The number of ether oxygens (including phenoxy) is 1. The van der Waals surface area contributed by atoms with Crippen molar-refractivity contribution in [2.75, 3.05) is 57.6 Å². The van der Waals surface area contributed by atoms with Gasteiger partial charge in [0.15, 0.2) is 18.2 Å². The predicted molar refractivity (Wildman–Crippen MR) is 152 cm³/mol. The Labute approximate surface area is 236 Å². The number of nitrogens with zero attached hydrogens (tertiary/aromatic N) is 5. The van der Waals surface area contributed by atoms with E-state index in [0.29, 0.717) is 41.3 Å². The van der Waals surface area contributed by atoms with Crippen LogP contribution in [-0.2, 0) is 11.8 Å². The van der Waals surface area contributed by atoms with Crippen LogP contribution >= 0.6 is 11.6 Å². The summed E-state index contributed by atoms with van der Waals surface area (Å²) in [6.07, 6.45) is 1.81. The van der Waals surface area contributed by atoms with Crippen LogP contribution < -0.4 is 25.8 Å². The molecule has 1 aromatic carbocycles. The van der Waals surface area contributed by atoms with Crippen molar-refractivity contribution in [1.82, 2.24) is 24.8 Å². The van der Waals surface area contributed by atoms with E-state index < -0.39 is 17.8 Å². The van der Waals surface area contributed by atoms with E-state index in [1.54, 1.807) is 43.1 Å². The monoisotopic (exact) mass is 577 g/mol. The molecule has 1 saturated heterocycles. The predicted octanol–water partition coefficient (Wildman–Crippen LogP) is 3.51. The summed E-state index contributed by atoms with van der Waals surface area (Å²) in [5.74, 6) is -4.16. The first kappa shape index (κ1) is 29.5. The van der Waals surface area contributed by atoms with Gasteiger partial charge in [-0.3, -0.25) is 9.59 Å². The molecule has 1 aliphatic rings. The van der Waals surface area contributed by atoms with Crippen LogP contribution in [-0.4, -0.2) is 78.6 Å². The molecule has 0 radical (unpaired) electrons. The lowest BCUT2D eigenvalue weighted by molar-refractivity contribution is -0.122. The Morgan fingerprint density at radius 3 is 2.73 bits per heavy atom. The summed E-state index contributed by atoms with van der Waals surface area (Å²) in [6, 6.07) is 6.90. The number of amides is 1. The quantitative estimate of drug-likeness (QED) is 0.398. The number of halogens is 3. The summed E-state index contributed by atoms with van der Waals surface area (Å²) < 4.78 is 36.8. The molecular formula is C27H34ClF2N7O3. The average Bonchev–Trinajstić information content (AvgIpc) is 2.91. The first-order valence-electron chi connectivity index (χ1n) is 12.9. The second-order valence-corrected chi connectivity index (χ2v) is 10.8. The van der Waals surface area contributed by atoms with Gasteiger partial charge in [-0.1, -0.05) is 18.5 Å². The number of piperidine rings is 1. The number of aromatic nitrogens is 3. The zero-order valence-electron chi connectivity index (χ0n) is 23.2. The number of benzene rings is 1. The summed E-state index contributed by atoms with van der Waals surface area (Å²) in [5.41, 5.74) is 0.910. The number of nitrogens with one attached hydrogen (secondary N) is 2. The highest BCUT2D eigenvalue weighted by Crippen LogP contribution is 2.40. The van der Waals surface area contributed by atoms with E-state index in [-0.39, 0.29) is 41.9 Å². The molecule has 13 heteroatoms. The molecule has 2 aromatic heterocycles. The molecule has 40 heavy (non-hydrogen) atoms. The number of rotatable bonds is 9. The number of likely N-dealkylation sites (N-methyl/N-ethyl adjacent to an activating group) is 1. The van der Waals surface area contributed by atoms with Crippen LogP contribution in [0.3, 0.4) is 0 Å². The number of carbonyl (C=O) groups excluding carboxylic acids is 1. The number of anilines is 3. The SMILES string of the molecule is CNC(=O)COc1cc2cc(Nc3nc(N4CC(C)C(F)(F)C(CCN(C)C)C4)ncc3Cl)ccc2n(C)c1=O. The number of hydrogen-bond donors (Lipinski definition) is 2. The van der Waals surface area contributed by atoms with Crippen molar-refractivity contribution >= 4 is 45.9 Å². The fraction of sp³-hybridized carbons (Fsp3) is 0.481. The van der Waals surface area contributed by atoms with Crippen molar-refractivity contribution in [2.24, 2.45) is 18.9 Å². The molecule has 216 valence electrons. The van der Waals surface area contributed by atoms with Crippen molar-refractivity contribution < 1.29 is 18.3 Å². The summed E-state index contributed by atoms with van der Waals surface area (Å²) in [5, 5.41) is 6.57. The van der Waals surface area contributed by atoms with E-state index in [1.807, 2.05) is 19.0 Å². The van der Waals surface area contributed by atoms with Crippen LogP contribution in [0.5, 0.6) is 5.75 Å². The minimum absolute atomic E-state index is 0.0398. The fourth-order valence-corrected chi connectivity index (χ4v) is 4.90. The molecule has 0 spiro atoms. The molecule has 1 fully saturated rings. The third kappa shape index (κ3) is 6.28. The molecule has 0 bridgehead atoms. The number of pyridine rings is 1. The highest BCUT2D eigenvalue weighted by atomic mass is 35.5. The standard InChI is InChI=1S/C27H34ClF2N7O3/c1-16-13-37(14-18(27(16,29)30)8-9-35(3)4)26-32-12-20(28)24(34-26)33-19-6-7-21-17(10-19)11-22(25(39)36(21)5)40-15-23(38)31-2/h6-7,10-12,16,18H,8-9,13-15H2,1-5H3,(H,31,38)(H,32,33,34). The molecule has 0 aliphatic carbocycles. The number of carbonyl (C=O) groups is 1. The molecule has 0 saturated carbocycles. The second-order valence-electron chi connectivity index (χ2n) is 10.4. The maximum absolute atomic E-state index is 15.0. The van der Waals surface area contributed by atoms with Gasteiger partial charge in [-0.05, 0) is 51.3 Å². The topological polar surface area (TPSA) is 105 Å². The normalized spacial score (nSPS) is 18.7. The van der Waals surface area contributed by atoms with Gasteiger partial charge in [0.25, 0.3) is 17.4 Å². The summed E-state index contributed by atoms with van der Waals surface area (Å²) in [4.78, 5) is 36.8. The first-order valence-corrected chi connectivity index (χ1v) is 13.3. The molecule has 10 nitrogen and oxygen atoms in total. The van der Waals surface area contributed by atoms with Crippen molar-refractivity contribution in [3.05, 3.63) is 45.8 Å². The van der Waals surface area contributed by atoms with Crippen LogP contribution in [0.4, 0.5) is 26.2 Å². The van der Waals surface area contributed by atoms with Gasteiger partial charge in [0.1, 0.15) is 5.02 Å². The number of hydrogen-bond acceptors (Lipinski definition) is 8. The summed E-state index contributed by atoms with van der Waals surface area (Å²) >= 11 is 6.41. The van der Waals surface area contributed by atoms with Gasteiger partial charge in [-0.2, -0.15) is 4.98 Å². The lowest BCUT2D eigenvalue weighted by Crippen LogP contribution is -2.53. The van der Waals surface area contributed by atoms with Gasteiger partial charge in [0, 0.05) is 50.1 Å². The maximum atomic E-state index is 15.0. The fourth-order valence-electron chi connectivity index (χ4n) is 4.76. The van der Waals surface area contributed by atoms with Gasteiger partial charge in [-0.15, -0.1) is 0 Å². The van der Waals surface area contributed by atoms with Crippen molar-refractivity contribution in [3.63, 3.8) is 0 Å². The molecule has 1 amide bonds. The van der Waals surface area contributed by atoms with Crippen molar-refractivity contribution in [3.8, 4) is 5.75 Å². The lowest BCUT2D eigenvalue weighted by atomic mass is 9.84. The van der Waals surface area contributed by atoms with E-state index >= 15 is 0 Å². The Morgan fingerprint density at radius 1 is 1.27 bits per heavy atom. The van der Waals surface area contributed by atoms with E-state index in [1.165, 1.54) is 17.8 Å². The van der Waals surface area contributed by atoms with E-state index in [2.05, 4.69) is 20.6 Å². The zero-order chi connectivity index (χ0) is 29.2. The van der Waals surface area contributed by atoms with Crippen molar-refractivity contribution in [1.29, 1.82) is 0 Å². The lowest BCUT2D eigenvalue weighted by Gasteiger charge is -2.42.